The summed E-state index contributed by atoms with van der Waals surface area (Å²) in [6.07, 6.45) is 0. The Bertz CT molecular complexity index is 641. The SMILES string of the molecule is CCS(=O)(=O)N1CCN(C(=O)c2cc(F)ccc2F)CC1. The Kier molecular flexibility index (Phi) is 4.58. The summed E-state index contributed by atoms with van der Waals surface area (Å²) in [7, 11) is -3.29. The van der Waals surface area contributed by atoms with E-state index in [4.69, 9.17) is 0 Å². The van der Waals surface area contributed by atoms with E-state index < -0.39 is 27.6 Å². The van der Waals surface area contributed by atoms with Gasteiger partial charge in [0.15, 0.2) is 0 Å². The van der Waals surface area contributed by atoms with Crippen LogP contribution in [0.3, 0.4) is 0 Å². The zero-order valence-corrected chi connectivity index (χ0v) is 12.4. The first-order valence-corrected chi connectivity index (χ1v) is 8.18. The number of carbonyl (C=O) groups is 1. The van der Waals surface area contributed by atoms with Crippen LogP contribution in [-0.2, 0) is 10.0 Å². The molecule has 1 amide bonds. The number of hydrogen-bond acceptors (Lipinski definition) is 3. The van der Waals surface area contributed by atoms with Gasteiger partial charge in [0.05, 0.1) is 11.3 Å². The molecule has 1 heterocycles. The molecule has 0 spiro atoms. The molecule has 0 atom stereocenters. The maximum absolute atomic E-state index is 13.6. The van der Waals surface area contributed by atoms with Crippen LogP contribution < -0.4 is 0 Å². The minimum absolute atomic E-state index is 0.000525. The summed E-state index contributed by atoms with van der Waals surface area (Å²) in [4.78, 5) is 13.5. The molecule has 1 fully saturated rings. The van der Waals surface area contributed by atoms with Gasteiger partial charge in [0.2, 0.25) is 10.0 Å². The minimum Gasteiger partial charge on any atom is -0.336 e. The van der Waals surface area contributed by atoms with Gasteiger partial charge < -0.3 is 4.90 Å². The number of amides is 1. The molecule has 1 saturated heterocycles. The zero-order chi connectivity index (χ0) is 15.6. The van der Waals surface area contributed by atoms with Crippen molar-refractivity contribution in [2.24, 2.45) is 0 Å². The fourth-order valence-corrected chi connectivity index (χ4v) is 3.27. The third-order valence-electron chi connectivity index (χ3n) is 3.44. The molecule has 1 aliphatic heterocycles. The molecule has 0 N–H and O–H groups in total. The van der Waals surface area contributed by atoms with Crippen molar-refractivity contribution in [2.45, 2.75) is 6.92 Å². The van der Waals surface area contributed by atoms with Crippen molar-refractivity contribution < 1.29 is 22.0 Å². The van der Waals surface area contributed by atoms with E-state index in [1.54, 1.807) is 6.92 Å². The van der Waals surface area contributed by atoms with Gasteiger partial charge in [-0.05, 0) is 25.1 Å². The highest BCUT2D eigenvalue weighted by atomic mass is 32.2. The summed E-state index contributed by atoms with van der Waals surface area (Å²) in [6.45, 7) is 2.20. The van der Waals surface area contributed by atoms with Gasteiger partial charge in [0, 0.05) is 26.2 Å². The monoisotopic (exact) mass is 318 g/mol. The van der Waals surface area contributed by atoms with Crippen LogP contribution >= 0.6 is 0 Å². The van der Waals surface area contributed by atoms with Gasteiger partial charge in [-0.2, -0.15) is 4.31 Å². The zero-order valence-electron chi connectivity index (χ0n) is 11.6. The number of sulfonamides is 1. The number of hydrogen-bond donors (Lipinski definition) is 0. The second-order valence-electron chi connectivity index (χ2n) is 4.72. The van der Waals surface area contributed by atoms with Crippen molar-refractivity contribution >= 4 is 15.9 Å². The van der Waals surface area contributed by atoms with Crippen molar-refractivity contribution in [3.63, 3.8) is 0 Å². The van der Waals surface area contributed by atoms with E-state index in [1.807, 2.05) is 0 Å². The molecule has 0 radical (unpaired) electrons. The third kappa shape index (κ3) is 3.38. The normalized spacial score (nSPS) is 17.0. The van der Waals surface area contributed by atoms with Crippen LogP contribution in [-0.4, -0.2) is 55.5 Å². The lowest BCUT2D eigenvalue weighted by Gasteiger charge is -2.33. The molecule has 0 saturated carbocycles. The van der Waals surface area contributed by atoms with Crippen molar-refractivity contribution in [3.05, 3.63) is 35.4 Å². The predicted octanol–water partition coefficient (Wildman–Crippen LogP) is 1.07. The van der Waals surface area contributed by atoms with Crippen molar-refractivity contribution in [3.8, 4) is 0 Å². The average Bonchev–Trinajstić information content (AvgIpc) is 2.49. The van der Waals surface area contributed by atoms with Crippen LogP contribution in [0, 0.1) is 11.6 Å². The molecule has 1 aliphatic rings. The lowest BCUT2D eigenvalue weighted by molar-refractivity contribution is 0.0692. The van der Waals surface area contributed by atoms with Crippen molar-refractivity contribution in [2.75, 3.05) is 31.9 Å². The summed E-state index contributed by atoms with van der Waals surface area (Å²) < 4.78 is 51.4. The maximum atomic E-state index is 13.6. The van der Waals surface area contributed by atoms with E-state index >= 15 is 0 Å². The van der Waals surface area contributed by atoms with E-state index in [-0.39, 0.29) is 37.5 Å². The second-order valence-corrected chi connectivity index (χ2v) is 6.97. The molecular weight excluding hydrogens is 302 g/mol. The number of nitrogens with zero attached hydrogens (tertiary/aromatic N) is 2. The fourth-order valence-electron chi connectivity index (χ4n) is 2.18. The first-order chi connectivity index (χ1) is 9.85. The number of piperazine rings is 1. The molecular formula is C13H16F2N2O3S. The Morgan fingerprint density at radius 2 is 1.81 bits per heavy atom. The van der Waals surface area contributed by atoms with Crippen LogP contribution in [0.1, 0.15) is 17.3 Å². The summed E-state index contributed by atoms with van der Waals surface area (Å²) >= 11 is 0. The van der Waals surface area contributed by atoms with E-state index in [9.17, 15) is 22.0 Å². The van der Waals surface area contributed by atoms with Crippen LogP contribution in [0.2, 0.25) is 0 Å². The number of benzene rings is 1. The van der Waals surface area contributed by atoms with E-state index in [2.05, 4.69) is 0 Å². The van der Waals surface area contributed by atoms with Gasteiger partial charge in [-0.3, -0.25) is 4.79 Å². The van der Waals surface area contributed by atoms with Gasteiger partial charge in [-0.15, -0.1) is 0 Å². The summed E-state index contributed by atoms with van der Waals surface area (Å²) in [5, 5.41) is 0. The minimum atomic E-state index is -3.29. The smallest absolute Gasteiger partial charge is 0.257 e. The molecule has 1 aromatic carbocycles. The maximum Gasteiger partial charge on any atom is 0.257 e. The lowest BCUT2D eigenvalue weighted by Crippen LogP contribution is -2.51. The highest BCUT2D eigenvalue weighted by molar-refractivity contribution is 7.89. The van der Waals surface area contributed by atoms with Gasteiger partial charge in [-0.1, -0.05) is 0 Å². The van der Waals surface area contributed by atoms with Crippen molar-refractivity contribution in [1.29, 1.82) is 0 Å². The molecule has 0 unspecified atom stereocenters. The van der Waals surface area contributed by atoms with Crippen LogP contribution in [0.15, 0.2) is 18.2 Å². The summed E-state index contributed by atoms with van der Waals surface area (Å²) in [6, 6.07) is 2.70. The van der Waals surface area contributed by atoms with E-state index in [1.165, 1.54) is 9.21 Å². The summed E-state index contributed by atoms with van der Waals surface area (Å²) in [5.41, 5.74) is -0.332. The van der Waals surface area contributed by atoms with Crippen molar-refractivity contribution in [1.82, 2.24) is 9.21 Å². The average molecular weight is 318 g/mol. The molecule has 21 heavy (non-hydrogen) atoms. The molecule has 0 bridgehead atoms. The van der Waals surface area contributed by atoms with Gasteiger partial charge >= 0.3 is 0 Å². The van der Waals surface area contributed by atoms with Crippen LogP contribution in [0.5, 0.6) is 0 Å². The predicted molar refractivity (Wildman–Crippen MR) is 73.3 cm³/mol. The highest BCUT2D eigenvalue weighted by Crippen LogP contribution is 2.15. The molecule has 2 rings (SSSR count). The van der Waals surface area contributed by atoms with E-state index in [0.717, 1.165) is 18.2 Å². The molecule has 1 aromatic rings. The van der Waals surface area contributed by atoms with Gasteiger partial charge in [0.25, 0.3) is 5.91 Å². The van der Waals surface area contributed by atoms with Crippen LogP contribution in [0.4, 0.5) is 8.78 Å². The first kappa shape index (κ1) is 15.8. The molecule has 0 aliphatic carbocycles. The quantitative estimate of drug-likeness (QED) is 0.838. The standard InChI is InChI=1S/C13H16F2N2O3S/c1-2-21(19,20)17-7-5-16(6-8-17)13(18)11-9-10(14)3-4-12(11)15/h3-4,9H,2,5-8H2,1H3. The number of rotatable bonds is 3. The Morgan fingerprint density at radius 3 is 2.38 bits per heavy atom. The fraction of sp³-hybridized carbons (Fsp3) is 0.462. The first-order valence-electron chi connectivity index (χ1n) is 6.57. The molecule has 5 nitrogen and oxygen atoms in total. The Labute approximate surface area is 122 Å². The van der Waals surface area contributed by atoms with Crippen LogP contribution in [0.25, 0.3) is 0 Å². The highest BCUT2D eigenvalue weighted by Gasteiger charge is 2.29. The Morgan fingerprint density at radius 1 is 1.19 bits per heavy atom. The molecule has 0 aromatic heterocycles. The van der Waals surface area contributed by atoms with Gasteiger partial charge in [0.1, 0.15) is 11.6 Å². The Balaban J connectivity index is 2.09. The molecule has 8 heteroatoms. The second kappa shape index (κ2) is 6.07. The Hall–Kier alpha value is -1.54. The lowest BCUT2D eigenvalue weighted by atomic mass is 10.1. The number of carbonyl (C=O) groups excluding carboxylic acids is 1. The van der Waals surface area contributed by atoms with E-state index in [0.29, 0.717) is 0 Å². The summed E-state index contributed by atoms with van der Waals surface area (Å²) in [5.74, 6) is -2.10. The number of halogens is 2. The third-order valence-corrected chi connectivity index (χ3v) is 5.32. The van der Waals surface area contributed by atoms with Gasteiger partial charge in [-0.25, -0.2) is 17.2 Å². The largest absolute Gasteiger partial charge is 0.336 e. The molecule has 116 valence electrons. The topological polar surface area (TPSA) is 57.7 Å².